The van der Waals surface area contributed by atoms with E-state index in [9.17, 15) is 24.0 Å². The maximum atomic E-state index is 13.7. The third-order valence-corrected chi connectivity index (χ3v) is 8.70. The number of carbonyl (C=O) groups excluding carboxylic acids is 5. The van der Waals surface area contributed by atoms with E-state index in [4.69, 9.17) is 4.42 Å². The molecule has 0 saturated carbocycles. The van der Waals surface area contributed by atoms with Gasteiger partial charge in [-0.3, -0.25) is 28.7 Å². The molecule has 0 radical (unpaired) electrons. The zero-order chi connectivity index (χ0) is 33.1. The van der Waals surface area contributed by atoms with Gasteiger partial charge in [-0.15, -0.1) is 11.3 Å². The Morgan fingerprint density at radius 2 is 1.74 bits per heavy atom. The zero-order valence-corrected chi connectivity index (χ0v) is 26.5. The Kier molecular flexibility index (Phi) is 9.10. The lowest BCUT2D eigenvalue weighted by Gasteiger charge is -2.25. The molecule has 5 amide bonds. The molecule has 4 bridgehead atoms. The Bertz CT molecular complexity index is 1810. The Hall–Kier alpha value is -5.38. The van der Waals surface area contributed by atoms with Crippen LogP contribution in [0.2, 0.25) is 0 Å². The van der Waals surface area contributed by atoms with E-state index in [1.165, 1.54) is 33.2 Å². The van der Waals surface area contributed by atoms with Crippen LogP contribution < -0.4 is 21.3 Å². The number of carbonyl (C=O) groups is 5. The molecule has 0 fully saturated rings. The van der Waals surface area contributed by atoms with Crippen LogP contribution in [-0.4, -0.2) is 80.4 Å². The van der Waals surface area contributed by atoms with Gasteiger partial charge >= 0.3 is 0 Å². The molecule has 2 atom stereocenters. The van der Waals surface area contributed by atoms with Crippen LogP contribution in [0.5, 0.6) is 0 Å². The van der Waals surface area contributed by atoms with Gasteiger partial charge in [0.2, 0.25) is 11.8 Å². The quantitative estimate of drug-likeness (QED) is 0.251. The number of nitrogens with one attached hydrogen (secondary N) is 4. The van der Waals surface area contributed by atoms with Crippen molar-refractivity contribution in [3.63, 3.8) is 0 Å². The van der Waals surface area contributed by atoms with Crippen LogP contribution in [0.4, 0.5) is 0 Å². The van der Waals surface area contributed by atoms with E-state index < -0.39 is 35.7 Å². The average Bonchev–Trinajstić information content (AvgIpc) is 3.83. The topological polar surface area (TPSA) is 193 Å². The van der Waals surface area contributed by atoms with E-state index in [2.05, 4.69) is 36.3 Å². The Morgan fingerprint density at radius 3 is 2.51 bits per heavy atom. The Balaban J connectivity index is 1.31. The van der Waals surface area contributed by atoms with Crippen LogP contribution in [0.25, 0.3) is 0 Å². The number of hydrogen-bond acceptors (Lipinski definition) is 10. The van der Waals surface area contributed by atoms with E-state index in [-0.39, 0.29) is 60.1 Å². The number of hydrogen-bond donors (Lipinski definition) is 4. The summed E-state index contributed by atoms with van der Waals surface area (Å²) in [5, 5.41) is 17.8. The molecule has 4 aromatic rings. The third-order valence-electron chi connectivity index (χ3n) is 7.77. The molecule has 16 heteroatoms. The second-order valence-corrected chi connectivity index (χ2v) is 12.4. The molecular weight excluding hydrogens is 626 g/mol. The second kappa shape index (κ2) is 13.5. The molecule has 5 heterocycles. The molecule has 0 saturated heterocycles. The molecule has 15 nitrogen and oxygen atoms in total. The predicted molar refractivity (Wildman–Crippen MR) is 167 cm³/mol. The van der Waals surface area contributed by atoms with Crippen molar-refractivity contribution < 1.29 is 28.4 Å². The summed E-state index contributed by atoms with van der Waals surface area (Å²) in [7, 11) is 0. The molecule has 1 aromatic carbocycles. The number of oxazole rings is 1. The second-order valence-electron chi connectivity index (χ2n) is 11.5. The third kappa shape index (κ3) is 7.06. The van der Waals surface area contributed by atoms with Gasteiger partial charge in [-0.1, -0.05) is 44.2 Å². The monoisotopic (exact) mass is 659 g/mol. The number of aromatic nitrogens is 4. The van der Waals surface area contributed by atoms with Gasteiger partial charge in [0.05, 0.1) is 19.1 Å². The summed E-state index contributed by atoms with van der Waals surface area (Å²) in [6.45, 7) is 4.17. The van der Waals surface area contributed by atoms with E-state index in [0.717, 1.165) is 5.56 Å². The summed E-state index contributed by atoms with van der Waals surface area (Å²) < 4.78 is 7.13. The van der Waals surface area contributed by atoms with Gasteiger partial charge in [0.1, 0.15) is 28.7 Å². The van der Waals surface area contributed by atoms with Gasteiger partial charge in [0.15, 0.2) is 11.4 Å². The lowest BCUT2D eigenvalue weighted by Crippen LogP contribution is -2.45. The molecule has 244 valence electrons. The largest absolute Gasteiger partial charge is 0.446 e. The first-order chi connectivity index (χ1) is 22.7. The first kappa shape index (κ1) is 31.6. The average molecular weight is 660 g/mol. The van der Waals surface area contributed by atoms with Gasteiger partial charge < -0.3 is 30.6 Å². The van der Waals surface area contributed by atoms with Crippen molar-refractivity contribution in [1.29, 1.82) is 0 Å². The number of fused-ring (bicyclic) bond motifs is 5. The summed E-state index contributed by atoms with van der Waals surface area (Å²) in [4.78, 5) is 76.0. The highest BCUT2D eigenvalue weighted by Gasteiger charge is 2.30. The highest BCUT2D eigenvalue weighted by molar-refractivity contribution is 7.09. The number of thiazole rings is 1. The summed E-state index contributed by atoms with van der Waals surface area (Å²) in [6, 6.07) is 9.58. The number of nitrogens with zero attached hydrogens (tertiary/aromatic N) is 5. The summed E-state index contributed by atoms with van der Waals surface area (Å²) >= 11 is 1.23. The minimum atomic E-state index is -0.716. The van der Waals surface area contributed by atoms with Gasteiger partial charge in [0.25, 0.3) is 23.6 Å². The van der Waals surface area contributed by atoms with Crippen molar-refractivity contribution in [3.8, 4) is 0 Å². The first-order valence-electron chi connectivity index (χ1n) is 15.1. The zero-order valence-electron chi connectivity index (χ0n) is 25.7. The number of amides is 5. The molecule has 0 spiro atoms. The molecular formula is C31H33N9O6S. The normalized spacial score (nSPS) is 19.2. The molecule has 4 N–H and O–H groups in total. The Morgan fingerprint density at radius 1 is 0.979 bits per heavy atom. The maximum Gasteiger partial charge on any atom is 0.274 e. The van der Waals surface area contributed by atoms with Gasteiger partial charge in [0, 0.05) is 37.5 Å². The highest BCUT2D eigenvalue weighted by atomic mass is 32.1. The van der Waals surface area contributed by atoms with E-state index >= 15 is 0 Å². The molecule has 6 rings (SSSR count). The van der Waals surface area contributed by atoms with Crippen LogP contribution >= 0.6 is 11.3 Å². The molecule has 0 aliphatic carbocycles. The summed E-state index contributed by atoms with van der Waals surface area (Å²) in [6.07, 6.45) is 1.54. The summed E-state index contributed by atoms with van der Waals surface area (Å²) in [5.74, 6) is -2.41. The fraction of sp³-hybridized carbons (Fsp3) is 0.355. The maximum absolute atomic E-state index is 13.7. The minimum absolute atomic E-state index is 0.0000867. The van der Waals surface area contributed by atoms with Crippen molar-refractivity contribution in [2.75, 3.05) is 26.2 Å². The van der Waals surface area contributed by atoms with Crippen LogP contribution in [-0.2, 0) is 17.8 Å². The van der Waals surface area contributed by atoms with E-state index in [0.29, 0.717) is 24.5 Å². The number of rotatable bonds is 4. The smallest absolute Gasteiger partial charge is 0.274 e. The fourth-order valence-corrected chi connectivity index (χ4v) is 6.35. The molecule has 0 unspecified atom stereocenters. The fourth-order valence-electron chi connectivity index (χ4n) is 5.32. The van der Waals surface area contributed by atoms with Gasteiger partial charge in [-0.25, -0.2) is 9.97 Å². The van der Waals surface area contributed by atoms with Crippen molar-refractivity contribution in [1.82, 2.24) is 45.9 Å². The first-order valence-corrected chi connectivity index (χ1v) is 16.0. The SMILES string of the molecule is CC(C)[C@@H]1NC(=O)CN(C(=O)c2cc3n(n2)CCNC3=O)CCNC(=O)c2coc(n2)[C@H](Cc2ccccc2)NC(=O)c2csc1n2. The van der Waals surface area contributed by atoms with Crippen LogP contribution in [0.3, 0.4) is 0 Å². The molecule has 2 aliphatic heterocycles. The standard InChI is InChI=1S/C31H33N9O6S/c1-17(2)25-30-36-22(16-47-30)27(43)34-19(12-18-6-4-3-5-7-18)29-35-21(15-46-29)26(42)32-8-10-39(14-24(41)37-25)31(45)20-13-23-28(44)33-9-11-40(23)38-20/h3-7,13,15-17,19,25H,8-12,14H2,1-2H3,(H,32,42)(H,33,44)(H,34,43)(H,37,41)/t19-,25-/m0/s1. The van der Waals surface area contributed by atoms with Crippen molar-refractivity contribution >= 4 is 40.9 Å². The van der Waals surface area contributed by atoms with Gasteiger partial charge in [-0.2, -0.15) is 5.10 Å². The van der Waals surface area contributed by atoms with E-state index in [1.807, 2.05) is 44.2 Å². The van der Waals surface area contributed by atoms with E-state index in [1.54, 1.807) is 5.38 Å². The van der Waals surface area contributed by atoms with Crippen LogP contribution in [0.1, 0.15) is 84.3 Å². The van der Waals surface area contributed by atoms with Crippen molar-refractivity contribution in [3.05, 3.63) is 87.3 Å². The van der Waals surface area contributed by atoms with Crippen molar-refractivity contribution in [2.45, 2.75) is 38.9 Å². The molecule has 2 aliphatic rings. The van der Waals surface area contributed by atoms with Crippen LogP contribution in [0.15, 0.2) is 52.5 Å². The minimum Gasteiger partial charge on any atom is -0.446 e. The number of benzene rings is 1. The lowest BCUT2D eigenvalue weighted by molar-refractivity contribution is -0.122. The lowest BCUT2D eigenvalue weighted by atomic mass is 10.0. The summed E-state index contributed by atoms with van der Waals surface area (Å²) in [5.41, 5.74) is 1.29. The predicted octanol–water partition coefficient (Wildman–Crippen LogP) is 1.48. The van der Waals surface area contributed by atoms with Crippen LogP contribution in [0, 0.1) is 5.92 Å². The Labute approximate surface area is 273 Å². The molecule has 3 aromatic heterocycles. The molecule has 47 heavy (non-hydrogen) atoms. The van der Waals surface area contributed by atoms with Gasteiger partial charge in [-0.05, 0) is 11.5 Å². The van der Waals surface area contributed by atoms with Crippen molar-refractivity contribution in [2.24, 2.45) is 5.92 Å². The highest BCUT2D eigenvalue weighted by Crippen LogP contribution is 2.26.